The second kappa shape index (κ2) is 6.07. The Hall–Kier alpha value is -0.530. The van der Waals surface area contributed by atoms with Crippen molar-refractivity contribution < 1.29 is 14.3 Å². The zero-order chi connectivity index (χ0) is 14.9. The van der Waals surface area contributed by atoms with Crippen molar-refractivity contribution in [2.45, 2.75) is 49.7 Å². The zero-order valence-corrected chi connectivity index (χ0v) is 14.6. The van der Waals surface area contributed by atoms with Gasteiger partial charge < -0.3 is 9.64 Å². The van der Waals surface area contributed by atoms with Crippen LogP contribution in [0.15, 0.2) is 0 Å². The summed E-state index contributed by atoms with van der Waals surface area (Å²) in [6.07, 6.45) is 2.62. The normalized spacial score (nSPS) is 27.0. The molecular weight excluding hydrogens is 371 g/mol. The molecule has 0 radical (unpaired) electrons. The highest BCUT2D eigenvalue weighted by atomic mass is 127. The zero-order valence-electron chi connectivity index (χ0n) is 12.4. The SMILES string of the molecule is CC(C)(C)OC(=O)N1CCC(C(=O)N2CCCC2)C1I. The second-order valence-corrected chi connectivity index (χ2v) is 7.75. The minimum atomic E-state index is -0.496. The number of carbonyl (C=O) groups excluding carboxylic acids is 2. The highest BCUT2D eigenvalue weighted by Crippen LogP contribution is 2.32. The van der Waals surface area contributed by atoms with Gasteiger partial charge in [-0.2, -0.15) is 0 Å². The van der Waals surface area contributed by atoms with E-state index in [2.05, 4.69) is 22.6 Å². The van der Waals surface area contributed by atoms with Crippen LogP contribution < -0.4 is 0 Å². The molecule has 0 saturated carbocycles. The smallest absolute Gasteiger partial charge is 0.411 e. The summed E-state index contributed by atoms with van der Waals surface area (Å²) in [5.41, 5.74) is -0.496. The average molecular weight is 394 g/mol. The van der Waals surface area contributed by atoms with Crippen molar-refractivity contribution in [3.05, 3.63) is 0 Å². The first-order valence-corrected chi connectivity index (χ1v) is 8.46. The molecule has 0 spiro atoms. The monoisotopic (exact) mass is 394 g/mol. The Morgan fingerprint density at radius 2 is 1.75 bits per heavy atom. The van der Waals surface area contributed by atoms with Crippen molar-refractivity contribution in [3.63, 3.8) is 0 Å². The molecule has 2 amide bonds. The maximum absolute atomic E-state index is 12.5. The summed E-state index contributed by atoms with van der Waals surface area (Å²) >= 11 is 2.20. The van der Waals surface area contributed by atoms with Crippen molar-refractivity contribution in [2.24, 2.45) is 5.92 Å². The molecule has 5 nitrogen and oxygen atoms in total. The molecule has 2 aliphatic rings. The third-order valence-corrected chi connectivity index (χ3v) is 5.21. The lowest BCUT2D eigenvalue weighted by atomic mass is 10.1. The number of nitrogens with zero attached hydrogens (tertiary/aromatic N) is 2. The highest BCUT2D eigenvalue weighted by Gasteiger charge is 2.42. The predicted octanol–water partition coefficient (Wildman–Crippen LogP) is 2.63. The van der Waals surface area contributed by atoms with Gasteiger partial charge in [-0.15, -0.1) is 0 Å². The van der Waals surface area contributed by atoms with E-state index in [4.69, 9.17) is 4.74 Å². The third kappa shape index (κ3) is 3.56. The van der Waals surface area contributed by atoms with Gasteiger partial charge in [0.25, 0.3) is 0 Å². The lowest BCUT2D eigenvalue weighted by molar-refractivity contribution is -0.134. The molecular formula is C14H23IN2O3. The molecule has 0 aliphatic carbocycles. The Balaban J connectivity index is 1.96. The summed E-state index contributed by atoms with van der Waals surface area (Å²) in [5, 5.41) is 0. The molecule has 0 N–H and O–H groups in total. The predicted molar refractivity (Wildman–Crippen MR) is 84.7 cm³/mol. The van der Waals surface area contributed by atoms with Gasteiger partial charge in [0, 0.05) is 19.6 Å². The highest BCUT2D eigenvalue weighted by molar-refractivity contribution is 14.1. The van der Waals surface area contributed by atoms with Crippen molar-refractivity contribution in [2.75, 3.05) is 19.6 Å². The largest absolute Gasteiger partial charge is 0.444 e. The minimum absolute atomic E-state index is 0.0822. The van der Waals surface area contributed by atoms with E-state index >= 15 is 0 Å². The second-order valence-electron chi connectivity index (χ2n) is 6.47. The topological polar surface area (TPSA) is 49.9 Å². The quantitative estimate of drug-likeness (QED) is 0.390. The van der Waals surface area contributed by atoms with E-state index in [1.165, 1.54) is 0 Å². The number of halogens is 1. The number of hydrogen-bond donors (Lipinski definition) is 0. The molecule has 2 aliphatic heterocycles. The van der Waals surface area contributed by atoms with Crippen molar-refractivity contribution in [3.8, 4) is 0 Å². The van der Waals surface area contributed by atoms with Crippen LogP contribution in [0, 0.1) is 5.92 Å². The lowest BCUT2D eigenvalue weighted by Gasteiger charge is -2.28. The molecule has 114 valence electrons. The summed E-state index contributed by atoms with van der Waals surface area (Å²) in [4.78, 5) is 28.2. The van der Waals surface area contributed by atoms with Gasteiger partial charge in [0.05, 0.1) is 9.97 Å². The molecule has 6 heteroatoms. The van der Waals surface area contributed by atoms with E-state index < -0.39 is 5.60 Å². The van der Waals surface area contributed by atoms with Gasteiger partial charge in [0.1, 0.15) is 5.60 Å². The van der Waals surface area contributed by atoms with Crippen LogP contribution in [0.1, 0.15) is 40.0 Å². The van der Waals surface area contributed by atoms with E-state index in [9.17, 15) is 9.59 Å². The molecule has 2 atom stereocenters. The number of carbonyl (C=O) groups is 2. The molecule has 0 bridgehead atoms. The van der Waals surface area contributed by atoms with Crippen LogP contribution in [0.2, 0.25) is 0 Å². The van der Waals surface area contributed by atoms with E-state index in [1.54, 1.807) is 4.90 Å². The van der Waals surface area contributed by atoms with E-state index in [0.29, 0.717) is 6.54 Å². The molecule has 0 aromatic rings. The number of amides is 2. The molecule has 0 aromatic carbocycles. The van der Waals surface area contributed by atoms with Crippen molar-refractivity contribution >= 4 is 34.6 Å². The summed E-state index contributed by atoms with van der Waals surface area (Å²) in [5.74, 6) is 0.120. The maximum atomic E-state index is 12.5. The van der Waals surface area contributed by atoms with Crippen LogP contribution in [0.3, 0.4) is 0 Å². The number of alkyl halides is 1. The molecule has 2 unspecified atom stereocenters. The third-order valence-electron chi connectivity index (χ3n) is 3.67. The Bertz CT molecular complexity index is 388. The van der Waals surface area contributed by atoms with Gasteiger partial charge in [0.15, 0.2) is 0 Å². The summed E-state index contributed by atoms with van der Waals surface area (Å²) in [6.45, 7) is 7.91. The summed E-state index contributed by atoms with van der Waals surface area (Å²) < 4.78 is 5.30. The molecule has 0 aromatic heterocycles. The fraction of sp³-hybridized carbons (Fsp3) is 0.857. The lowest BCUT2D eigenvalue weighted by Crippen LogP contribution is -2.42. The van der Waals surface area contributed by atoms with Crippen LogP contribution in [-0.4, -0.2) is 51.1 Å². The molecule has 2 saturated heterocycles. The number of rotatable bonds is 1. The number of likely N-dealkylation sites (tertiary alicyclic amines) is 2. The Kier molecular flexibility index (Phi) is 4.81. The molecule has 2 rings (SSSR count). The minimum Gasteiger partial charge on any atom is -0.444 e. The standard InChI is InChI=1S/C14H23IN2O3/c1-14(2,3)20-13(19)17-9-6-10(11(17)15)12(18)16-7-4-5-8-16/h10-11H,4-9H2,1-3H3. The maximum Gasteiger partial charge on any atom is 0.411 e. The first-order chi connectivity index (χ1) is 9.29. The van der Waals surface area contributed by atoms with E-state index in [-0.39, 0.29) is 22.0 Å². The Labute approximate surface area is 134 Å². The number of ether oxygens (including phenoxy) is 1. The fourth-order valence-corrected chi connectivity index (χ4v) is 3.86. The average Bonchev–Trinajstić information content (AvgIpc) is 2.94. The Morgan fingerprint density at radius 3 is 2.30 bits per heavy atom. The van der Waals surface area contributed by atoms with Crippen LogP contribution in [0.5, 0.6) is 0 Å². The van der Waals surface area contributed by atoms with Gasteiger partial charge in [-0.1, -0.05) is 22.6 Å². The van der Waals surface area contributed by atoms with Crippen LogP contribution in [0.25, 0.3) is 0 Å². The summed E-state index contributed by atoms with van der Waals surface area (Å²) in [7, 11) is 0. The summed E-state index contributed by atoms with van der Waals surface area (Å²) in [6, 6.07) is 0. The van der Waals surface area contributed by atoms with E-state index in [1.807, 2.05) is 25.7 Å². The van der Waals surface area contributed by atoms with Crippen LogP contribution >= 0.6 is 22.6 Å². The van der Waals surface area contributed by atoms with Crippen molar-refractivity contribution in [1.29, 1.82) is 0 Å². The van der Waals surface area contributed by atoms with Gasteiger partial charge in [-0.25, -0.2) is 4.79 Å². The molecule has 2 heterocycles. The first kappa shape index (κ1) is 15.9. The first-order valence-electron chi connectivity index (χ1n) is 7.22. The molecule has 2 fully saturated rings. The van der Waals surface area contributed by atoms with E-state index in [0.717, 1.165) is 32.4 Å². The van der Waals surface area contributed by atoms with Gasteiger partial charge in [-0.05, 0) is 40.0 Å². The van der Waals surface area contributed by atoms with Crippen molar-refractivity contribution in [1.82, 2.24) is 9.80 Å². The van der Waals surface area contributed by atoms with Crippen LogP contribution in [0.4, 0.5) is 4.79 Å². The fourth-order valence-electron chi connectivity index (χ4n) is 2.68. The van der Waals surface area contributed by atoms with Crippen LogP contribution in [-0.2, 0) is 9.53 Å². The van der Waals surface area contributed by atoms with Gasteiger partial charge in [-0.3, -0.25) is 9.69 Å². The van der Waals surface area contributed by atoms with Gasteiger partial charge in [0.2, 0.25) is 5.91 Å². The molecule has 20 heavy (non-hydrogen) atoms. The Morgan fingerprint density at radius 1 is 1.15 bits per heavy atom. The van der Waals surface area contributed by atoms with Gasteiger partial charge >= 0.3 is 6.09 Å². The number of hydrogen-bond acceptors (Lipinski definition) is 3.